The van der Waals surface area contributed by atoms with Gasteiger partial charge in [0.1, 0.15) is 11.9 Å². The van der Waals surface area contributed by atoms with Crippen molar-refractivity contribution < 1.29 is 63.8 Å². The maximum absolute atomic E-state index is 11.8. The minimum Gasteiger partial charge on any atom is -0.394 e. The fourth-order valence-electron chi connectivity index (χ4n) is 3.63. The molecule has 0 spiro atoms. The molecule has 0 aromatic heterocycles. The van der Waals surface area contributed by atoms with Gasteiger partial charge in [-0.2, -0.15) is 5.26 Å². The fourth-order valence-corrected chi connectivity index (χ4v) is 3.63. The van der Waals surface area contributed by atoms with Crippen LogP contribution in [0, 0.1) is 11.8 Å². The first-order valence-corrected chi connectivity index (χ1v) is 9.30. The maximum Gasteiger partial charge on any atom is 0.375 e. The molecule has 5 unspecified atom stereocenters. The Balaban J connectivity index is 2.14. The number of aliphatic hydroxyl groups excluding tert-OH is 4. The monoisotopic (exact) mass is 440 g/mol. The van der Waals surface area contributed by atoms with Gasteiger partial charge in [0.25, 0.3) is 0 Å². The van der Waals surface area contributed by atoms with Crippen molar-refractivity contribution in [1.82, 2.24) is 0 Å². The van der Waals surface area contributed by atoms with E-state index in [-0.39, 0.29) is 25.4 Å². The molecule has 13 heteroatoms. The summed E-state index contributed by atoms with van der Waals surface area (Å²) in [6.07, 6.45) is -9.87. The van der Waals surface area contributed by atoms with Crippen LogP contribution < -0.4 is 0 Å². The van der Waals surface area contributed by atoms with Gasteiger partial charge in [-0.1, -0.05) is 0 Å². The van der Waals surface area contributed by atoms with Crippen LogP contribution in [0.4, 0.5) is 0 Å². The highest BCUT2D eigenvalue weighted by atomic mass is 17.1. The normalized spacial score (nSPS) is 39.5. The first-order chi connectivity index (χ1) is 14.2. The van der Waals surface area contributed by atoms with E-state index >= 15 is 0 Å². The molecule has 2 aliphatic heterocycles. The molecule has 0 aromatic rings. The molecule has 2 aliphatic rings. The van der Waals surface area contributed by atoms with E-state index in [1.807, 2.05) is 0 Å². The minimum absolute atomic E-state index is 0.0278. The lowest BCUT2D eigenvalue weighted by atomic mass is 9.77. The molecule has 0 aliphatic carbocycles. The number of ether oxygens (including phenoxy) is 5. The summed E-state index contributed by atoms with van der Waals surface area (Å²) in [5, 5.41) is 48.1. The van der Waals surface area contributed by atoms with Crippen molar-refractivity contribution in [3.63, 3.8) is 0 Å². The van der Waals surface area contributed by atoms with Crippen molar-refractivity contribution in [3.8, 4) is 0 Å². The van der Waals surface area contributed by atoms with Gasteiger partial charge in [0.15, 0.2) is 6.29 Å². The molecule has 30 heavy (non-hydrogen) atoms. The topological polar surface area (TPSA) is 191 Å². The molecule has 2 rings (SSSR count). The van der Waals surface area contributed by atoms with E-state index in [9.17, 15) is 30.0 Å². The van der Waals surface area contributed by atoms with E-state index in [4.69, 9.17) is 28.9 Å². The van der Waals surface area contributed by atoms with Gasteiger partial charge >= 0.3 is 5.97 Å². The van der Waals surface area contributed by atoms with E-state index in [1.54, 1.807) is 0 Å². The second-order valence-corrected chi connectivity index (χ2v) is 7.16. The highest BCUT2D eigenvalue weighted by molar-refractivity contribution is 5.76. The van der Waals surface area contributed by atoms with Crippen LogP contribution in [0.25, 0.3) is 0 Å². The smallest absolute Gasteiger partial charge is 0.375 e. The van der Waals surface area contributed by atoms with Gasteiger partial charge in [0, 0.05) is 25.4 Å². The molecular formula is C17H28O13. The lowest BCUT2D eigenvalue weighted by Crippen LogP contribution is -2.57. The van der Waals surface area contributed by atoms with E-state index < -0.39 is 67.7 Å². The molecule has 0 bridgehead atoms. The van der Waals surface area contributed by atoms with Crippen molar-refractivity contribution in [1.29, 1.82) is 0 Å². The molecule has 0 amide bonds. The summed E-state index contributed by atoms with van der Waals surface area (Å²) in [4.78, 5) is 26.7. The van der Waals surface area contributed by atoms with Crippen LogP contribution in [-0.4, -0.2) is 108 Å². The molecule has 0 saturated carbocycles. The number of methoxy groups -OCH3 is 1. The number of hydrogen-bond acceptors (Lipinski definition) is 13. The zero-order chi connectivity index (χ0) is 22.4. The standard InChI is InChI=1S/C17H28O13/c1-7(19)3-8-9(12(20)10(4-18)27-11(8)6-25-2)5-26-17-16(23)29-14(21)13(28-17)15(22)30-24/h8-14,16-18,20-21,23-24H,3-6H2,1-2H3/t8?,9?,10?,11-,12-,13?,14-,16?,17+/m0/s1. The summed E-state index contributed by atoms with van der Waals surface area (Å²) >= 11 is 0. The van der Waals surface area contributed by atoms with Gasteiger partial charge < -0.3 is 48.9 Å². The number of ketones is 1. The van der Waals surface area contributed by atoms with Gasteiger partial charge in [-0.3, -0.25) is 4.89 Å². The Hall–Kier alpha value is -1.26. The van der Waals surface area contributed by atoms with E-state index in [0.717, 1.165) is 0 Å². The van der Waals surface area contributed by atoms with Crippen LogP contribution in [-0.2, 0) is 38.2 Å². The highest BCUT2D eigenvalue weighted by Crippen LogP contribution is 2.35. The third kappa shape index (κ3) is 5.91. The third-order valence-corrected chi connectivity index (χ3v) is 5.06. The van der Waals surface area contributed by atoms with Crippen LogP contribution in [0.2, 0.25) is 0 Å². The third-order valence-electron chi connectivity index (χ3n) is 5.06. The summed E-state index contributed by atoms with van der Waals surface area (Å²) in [6.45, 7) is 0.689. The Kier molecular flexibility index (Phi) is 9.49. The first-order valence-electron chi connectivity index (χ1n) is 9.30. The minimum atomic E-state index is -1.91. The molecule has 2 fully saturated rings. The quantitative estimate of drug-likeness (QED) is 0.185. The summed E-state index contributed by atoms with van der Waals surface area (Å²) in [7, 11) is 1.44. The van der Waals surface area contributed by atoms with Crippen molar-refractivity contribution in [3.05, 3.63) is 0 Å². The second-order valence-electron chi connectivity index (χ2n) is 7.16. The number of aliphatic hydroxyl groups is 4. The number of hydrogen-bond donors (Lipinski definition) is 5. The Bertz CT molecular complexity index is 572. The Morgan fingerprint density at radius 1 is 0.967 bits per heavy atom. The van der Waals surface area contributed by atoms with Gasteiger partial charge in [-0.15, -0.1) is 0 Å². The van der Waals surface area contributed by atoms with Crippen LogP contribution in [0.1, 0.15) is 13.3 Å². The number of carbonyl (C=O) groups excluding carboxylic acids is 2. The largest absolute Gasteiger partial charge is 0.394 e. The molecule has 2 heterocycles. The van der Waals surface area contributed by atoms with Crippen LogP contribution >= 0.6 is 0 Å². The maximum atomic E-state index is 11.8. The van der Waals surface area contributed by atoms with Gasteiger partial charge in [-0.05, 0) is 6.92 Å². The van der Waals surface area contributed by atoms with Crippen LogP contribution in [0.3, 0.4) is 0 Å². The molecular weight excluding hydrogens is 412 g/mol. The predicted octanol–water partition coefficient (Wildman–Crippen LogP) is -2.62. The number of carbonyl (C=O) groups is 2. The molecule has 13 nitrogen and oxygen atoms in total. The van der Waals surface area contributed by atoms with E-state index in [0.29, 0.717) is 0 Å². The van der Waals surface area contributed by atoms with Crippen molar-refractivity contribution in [2.24, 2.45) is 11.8 Å². The molecule has 2 saturated heterocycles. The van der Waals surface area contributed by atoms with E-state index in [2.05, 4.69) is 4.89 Å². The molecule has 9 atom stereocenters. The second kappa shape index (κ2) is 11.4. The molecule has 0 radical (unpaired) electrons. The zero-order valence-electron chi connectivity index (χ0n) is 16.5. The van der Waals surface area contributed by atoms with E-state index in [1.165, 1.54) is 14.0 Å². The average Bonchev–Trinajstić information content (AvgIpc) is 2.70. The van der Waals surface area contributed by atoms with Gasteiger partial charge in [0.2, 0.25) is 18.7 Å². The first kappa shape index (κ1) is 25.0. The zero-order valence-corrected chi connectivity index (χ0v) is 16.5. The average molecular weight is 440 g/mol. The molecule has 0 aromatic carbocycles. The summed E-state index contributed by atoms with van der Waals surface area (Å²) in [5.41, 5.74) is 0. The Morgan fingerprint density at radius 2 is 1.67 bits per heavy atom. The number of rotatable bonds is 9. The van der Waals surface area contributed by atoms with Crippen molar-refractivity contribution in [2.75, 3.05) is 26.9 Å². The lowest BCUT2D eigenvalue weighted by Gasteiger charge is -2.45. The Morgan fingerprint density at radius 3 is 2.23 bits per heavy atom. The fraction of sp³-hybridized carbons (Fsp3) is 0.882. The predicted molar refractivity (Wildman–Crippen MR) is 92.3 cm³/mol. The molecule has 174 valence electrons. The molecule has 5 N–H and O–H groups in total. The summed E-state index contributed by atoms with van der Waals surface area (Å²) < 4.78 is 26.1. The number of Topliss-reactive ketones (excluding diaryl/α,β-unsaturated/α-hetero) is 1. The van der Waals surface area contributed by atoms with Crippen molar-refractivity contribution >= 4 is 11.8 Å². The lowest BCUT2D eigenvalue weighted by molar-refractivity contribution is -0.387. The van der Waals surface area contributed by atoms with Gasteiger partial charge in [-0.25, -0.2) is 4.79 Å². The summed E-state index contributed by atoms with van der Waals surface area (Å²) in [5.74, 6) is -2.84. The van der Waals surface area contributed by atoms with Crippen molar-refractivity contribution in [2.45, 2.75) is 56.6 Å². The van der Waals surface area contributed by atoms with Gasteiger partial charge in [0.05, 0.1) is 32.0 Å². The SMILES string of the molecule is COC[C@@H]1OC(CO)[C@@H](O)C(CO[C@@H]2OC(C(=O)OO)[C@@H](O)OC2O)C1CC(C)=O. The highest BCUT2D eigenvalue weighted by Gasteiger charge is 2.47. The van der Waals surface area contributed by atoms with Crippen LogP contribution in [0.15, 0.2) is 0 Å². The van der Waals surface area contributed by atoms with Crippen LogP contribution in [0.5, 0.6) is 0 Å². The summed E-state index contributed by atoms with van der Waals surface area (Å²) in [6, 6.07) is 0. The Labute approximate surface area is 171 Å².